The first-order valence-electron chi connectivity index (χ1n) is 12.6. The fourth-order valence-electron chi connectivity index (χ4n) is 3.95. The van der Waals surface area contributed by atoms with Gasteiger partial charge >= 0.3 is 5.97 Å². The van der Waals surface area contributed by atoms with E-state index in [1.54, 1.807) is 24.3 Å². The Balaban J connectivity index is 1.17. The van der Waals surface area contributed by atoms with E-state index in [4.69, 9.17) is 9.47 Å². The average molecular weight is 589 g/mol. The van der Waals surface area contributed by atoms with Crippen LogP contribution >= 0.6 is 15.9 Å². The van der Waals surface area contributed by atoms with Gasteiger partial charge in [-0.05, 0) is 79.2 Å². The highest BCUT2D eigenvalue weighted by molar-refractivity contribution is 9.10. The molecule has 0 aliphatic carbocycles. The van der Waals surface area contributed by atoms with E-state index in [2.05, 4.69) is 26.6 Å². The van der Waals surface area contributed by atoms with E-state index < -0.39 is 11.9 Å². The summed E-state index contributed by atoms with van der Waals surface area (Å²) in [4.78, 5) is 36.5. The second-order valence-corrected chi connectivity index (χ2v) is 9.98. The molecule has 4 aromatic carbocycles. The first kappa shape index (κ1) is 27.9. The van der Waals surface area contributed by atoms with Crippen LogP contribution in [0.2, 0.25) is 0 Å². The van der Waals surface area contributed by atoms with Gasteiger partial charge in [0, 0.05) is 34.1 Å². The summed E-state index contributed by atoms with van der Waals surface area (Å²) in [6.45, 7) is 3.42. The van der Waals surface area contributed by atoms with Crippen molar-refractivity contribution in [2.75, 3.05) is 17.2 Å². The minimum atomic E-state index is -0.531. The van der Waals surface area contributed by atoms with Crippen molar-refractivity contribution in [3.63, 3.8) is 0 Å². The van der Waals surface area contributed by atoms with Crippen molar-refractivity contribution in [3.8, 4) is 11.5 Å². The Kier molecular flexibility index (Phi) is 9.33. The molecule has 0 unspecified atom stereocenters. The van der Waals surface area contributed by atoms with Gasteiger partial charge in [-0.2, -0.15) is 0 Å². The van der Waals surface area contributed by atoms with E-state index in [0.717, 1.165) is 32.1 Å². The zero-order chi connectivity index (χ0) is 27.8. The van der Waals surface area contributed by atoms with Gasteiger partial charge in [0.2, 0.25) is 5.91 Å². The number of hydrogen-bond donors (Lipinski definition) is 2. The molecular formula is C31H29BrN2O5. The molecule has 2 amide bonds. The third kappa shape index (κ3) is 7.91. The number of ether oxygens (including phenoxy) is 2. The highest BCUT2D eigenvalue weighted by Gasteiger charge is 2.12. The van der Waals surface area contributed by atoms with Crippen LogP contribution in [0, 0.1) is 13.8 Å². The van der Waals surface area contributed by atoms with Gasteiger partial charge in [0.1, 0.15) is 11.5 Å². The standard InChI is InChI=1S/C31H29BrN2O5/c1-20-18-27(21(2)17-26(20)32)34-30(36)19-38-31(37)12-6-11-29(35)33-23-13-15-24(16-14-23)39-28-10-5-8-22-7-3-4-9-25(22)28/h3-5,7-10,13-18H,6,11-12,19H2,1-2H3,(H,33,35)(H,34,36). The Morgan fingerprint density at radius 3 is 2.33 bits per heavy atom. The molecule has 0 aliphatic heterocycles. The maximum Gasteiger partial charge on any atom is 0.306 e. The molecule has 39 heavy (non-hydrogen) atoms. The topological polar surface area (TPSA) is 93.7 Å². The maximum atomic E-state index is 12.3. The Bertz CT molecular complexity index is 1500. The molecule has 0 aromatic heterocycles. The summed E-state index contributed by atoms with van der Waals surface area (Å²) in [6.07, 6.45) is 0.488. The zero-order valence-electron chi connectivity index (χ0n) is 21.8. The lowest BCUT2D eigenvalue weighted by Gasteiger charge is -2.11. The van der Waals surface area contributed by atoms with Gasteiger partial charge in [-0.3, -0.25) is 14.4 Å². The van der Waals surface area contributed by atoms with Gasteiger partial charge in [0.25, 0.3) is 5.91 Å². The number of nitrogens with one attached hydrogen (secondary N) is 2. The summed E-state index contributed by atoms with van der Waals surface area (Å²) in [5.74, 6) is 0.245. The number of anilines is 2. The van der Waals surface area contributed by atoms with Crippen molar-refractivity contribution in [3.05, 3.63) is 94.5 Å². The van der Waals surface area contributed by atoms with Crippen molar-refractivity contribution in [1.82, 2.24) is 0 Å². The second kappa shape index (κ2) is 13.1. The molecule has 0 aliphatic rings. The van der Waals surface area contributed by atoms with E-state index in [9.17, 15) is 14.4 Å². The lowest BCUT2D eigenvalue weighted by molar-refractivity contribution is -0.147. The molecule has 0 fully saturated rings. The lowest BCUT2D eigenvalue weighted by Crippen LogP contribution is -2.21. The van der Waals surface area contributed by atoms with E-state index in [1.807, 2.05) is 68.4 Å². The van der Waals surface area contributed by atoms with Crippen molar-refractivity contribution < 1.29 is 23.9 Å². The highest BCUT2D eigenvalue weighted by atomic mass is 79.9. The van der Waals surface area contributed by atoms with Crippen LogP contribution in [0.4, 0.5) is 11.4 Å². The number of fused-ring (bicyclic) bond motifs is 1. The first-order chi connectivity index (χ1) is 18.8. The SMILES string of the molecule is Cc1cc(NC(=O)COC(=O)CCCC(=O)Nc2ccc(Oc3cccc4ccccc34)cc2)c(C)cc1Br. The van der Waals surface area contributed by atoms with E-state index in [-0.39, 0.29) is 25.4 Å². The first-order valence-corrected chi connectivity index (χ1v) is 13.4. The number of aryl methyl sites for hydroxylation is 2. The number of hydrogen-bond acceptors (Lipinski definition) is 5. The molecule has 0 saturated heterocycles. The molecule has 0 atom stereocenters. The fourth-order valence-corrected chi connectivity index (χ4v) is 4.41. The van der Waals surface area contributed by atoms with Crippen LogP contribution in [-0.4, -0.2) is 24.4 Å². The van der Waals surface area contributed by atoms with Crippen LogP contribution in [0.1, 0.15) is 30.4 Å². The van der Waals surface area contributed by atoms with Crippen LogP contribution in [-0.2, 0) is 19.1 Å². The van der Waals surface area contributed by atoms with Crippen molar-refractivity contribution >= 4 is 55.9 Å². The van der Waals surface area contributed by atoms with Crippen LogP contribution < -0.4 is 15.4 Å². The summed E-state index contributed by atoms with van der Waals surface area (Å²) < 4.78 is 12.0. The Morgan fingerprint density at radius 2 is 1.54 bits per heavy atom. The molecule has 0 bridgehead atoms. The zero-order valence-corrected chi connectivity index (χ0v) is 23.3. The number of esters is 1. The largest absolute Gasteiger partial charge is 0.457 e. The van der Waals surface area contributed by atoms with Gasteiger partial charge in [-0.1, -0.05) is 52.3 Å². The summed E-state index contributed by atoms with van der Waals surface area (Å²) >= 11 is 3.45. The number of carbonyl (C=O) groups excluding carboxylic acids is 3. The van der Waals surface area contributed by atoms with Gasteiger partial charge in [-0.15, -0.1) is 0 Å². The third-order valence-corrected chi connectivity index (χ3v) is 6.90. The van der Waals surface area contributed by atoms with Crippen LogP contribution in [0.15, 0.2) is 83.3 Å². The molecule has 0 saturated carbocycles. The monoisotopic (exact) mass is 588 g/mol. The lowest BCUT2D eigenvalue weighted by atomic mass is 10.1. The van der Waals surface area contributed by atoms with Gasteiger partial charge in [0.15, 0.2) is 6.61 Å². The number of carbonyl (C=O) groups is 3. The van der Waals surface area contributed by atoms with Crippen LogP contribution in [0.25, 0.3) is 10.8 Å². The van der Waals surface area contributed by atoms with Gasteiger partial charge in [0.05, 0.1) is 0 Å². The highest BCUT2D eigenvalue weighted by Crippen LogP contribution is 2.30. The van der Waals surface area contributed by atoms with E-state index in [0.29, 0.717) is 23.5 Å². The Labute approximate surface area is 235 Å². The smallest absolute Gasteiger partial charge is 0.306 e. The average Bonchev–Trinajstić information content (AvgIpc) is 2.92. The second-order valence-electron chi connectivity index (χ2n) is 9.13. The number of benzene rings is 4. The maximum absolute atomic E-state index is 12.3. The van der Waals surface area contributed by atoms with Crippen LogP contribution in [0.3, 0.4) is 0 Å². The molecule has 8 heteroatoms. The van der Waals surface area contributed by atoms with Gasteiger partial charge in [-0.25, -0.2) is 0 Å². The molecular weight excluding hydrogens is 560 g/mol. The van der Waals surface area contributed by atoms with Crippen molar-refractivity contribution in [2.45, 2.75) is 33.1 Å². The molecule has 2 N–H and O–H groups in total. The minimum absolute atomic E-state index is 0.0366. The Hall–Kier alpha value is -4.17. The fraction of sp³-hybridized carbons (Fsp3) is 0.194. The van der Waals surface area contributed by atoms with E-state index >= 15 is 0 Å². The molecule has 0 radical (unpaired) electrons. The molecule has 7 nitrogen and oxygen atoms in total. The number of rotatable bonds is 10. The molecule has 0 spiro atoms. The van der Waals surface area contributed by atoms with E-state index in [1.165, 1.54) is 0 Å². The number of halogens is 1. The number of amides is 2. The molecule has 4 aromatic rings. The quantitative estimate of drug-likeness (QED) is 0.189. The third-order valence-electron chi connectivity index (χ3n) is 6.04. The van der Waals surface area contributed by atoms with Crippen molar-refractivity contribution in [1.29, 1.82) is 0 Å². The Morgan fingerprint density at radius 1 is 0.795 bits per heavy atom. The predicted octanol–water partition coefficient (Wildman–Crippen LogP) is 7.30. The minimum Gasteiger partial charge on any atom is -0.457 e. The summed E-state index contributed by atoms with van der Waals surface area (Å²) in [6, 6.07) is 24.8. The predicted molar refractivity (Wildman–Crippen MR) is 156 cm³/mol. The molecule has 0 heterocycles. The normalized spacial score (nSPS) is 10.6. The van der Waals surface area contributed by atoms with Crippen LogP contribution in [0.5, 0.6) is 11.5 Å². The molecule has 200 valence electrons. The van der Waals surface area contributed by atoms with Crippen molar-refractivity contribution in [2.24, 2.45) is 0 Å². The van der Waals surface area contributed by atoms with Gasteiger partial charge < -0.3 is 20.1 Å². The molecule has 4 rings (SSSR count). The summed E-state index contributed by atoms with van der Waals surface area (Å²) in [7, 11) is 0. The summed E-state index contributed by atoms with van der Waals surface area (Å²) in [5, 5.41) is 7.68. The summed E-state index contributed by atoms with van der Waals surface area (Å²) in [5.41, 5.74) is 3.17.